The smallest absolute Gasteiger partial charge is 0.170 e. The SMILES string of the molecule is S=C1N[C@@H](c2ccccn2)[C@@H](c2ccc(-c3cccc(Cl)c3Cl)o2)N1C[C@@H]1CCCO1. The lowest BCUT2D eigenvalue weighted by Gasteiger charge is -2.28. The molecule has 1 aromatic carbocycles. The molecule has 5 rings (SSSR count). The molecule has 0 amide bonds. The van der Waals surface area contributed by atoms with Gasteiger partial charge in [-0.15, -0.1) is 0 Å². The van der Waals surface area contributed by atoms with Gasteiger partial charge in [0, 0.05) is 24.9 Å². The van der Waals surface area contributed by atoms with Crippen LogP contribution in [0.25, 0.3) is 11.3 Å². The molecular formula is C23H21Cl2N3O2S. The molecule has 1 N–H and O–H groups in total. The number of nitrogens with zero attached hydrogens (tertiary/aromatic N) is 2. The number of thiocarbonyl (C=S) groups is 1. The minimum absolute atomic E-state index is 0.135. The molecule has 3 aromatic rings. The van der Waals surface area contributed by atoms with Crippen molar-refractivity contribution < 1.29 is 9.15 Å². The Balaban J connectivity index is 1.52. The van der Waals surface area contributed by atoms with E-state index in [1.807, 2.05) is 42.5 Å². The maximum absolute atomic E-state index is 6.42. The molecule has 4 heterocycles. The zero-order valence-electron chi connectivity index (χ0n) is 16.6. The van der Waals surface area contributed by atoms with Gasteiger partial charge >= 0.3 is 0 Å². The fraction of sp³-hybridized carbons (Fsp3) is 0.304. The van der Waals surface area contributed by atoms with Gasteiger partial charge in [-0.3, -0.25) is 4.98 Å². The number of benzene rings is 1. The molecule has 2 aromatic heterocycles. The summed E-state index contributed by atoms with van der Waals surface area (Å²) in [5.74, 6) is 1.45. The lowest BCUT2D eigenvalue weighted by Crippen LogP contribution is -2.36. The van der Waals surface area contributed by atoms with Crippen LogP contribution in [0.1, 0.15) is 36.4 Å². The van der Waals surface area contributed by atoms with E-state index in [1.165, 1.54) is 0 Å². The number of aromatic nitrogens is 1. The Labute approximate surface area is 196 Å². The summed E-state index contributed by atoms with van der Waals surface area (Å²) in [6, 6.07) is 15.0. The molecule has 0 bridgehead atoms. The molecule has 0 aliphatic carbocycles. The number of nitrogens with one attached hydrogen (secondary N) is 1. The third-order valence-corrected chi connectivity index (χ3v) is 6.93. The molecule has 5 nitrogen and oxygen atoms in total. The summed E-state index contributed by atoms with van der Waals surface area (Å²) in [4.78, 5) is 6.73. The van der Waals surface area contributed by atoms with E-state index >= 15 is 0 Å². The first-order chi connectivity index (χ1) is 15.1. The lowest BCUT2D eigenvalue weighted by molar-refractivity contribution is 0.0818. The summed E-state index contributed by atoms with van der Waals surface area (Å²) in [7, 11) is 0. The molecule has 2 aliphatic heterocycles. The van der Waals surface area contributed by atoms with E-state index < -0.39 is 0 Å². The van der Waals surface area contributed by atoms with Gasteiger partial charge in [-0.05, 0) is 61.5 Å². The minimum atomic E-state index is -0.154. The average Bonchev–Trinajstić information content (AvgIpc) is 3.52. The van der Waals surface area contributed by atoms with E-state index in [2.05, 4.69) is 15.2 Å². The van der Waals surface area contributed by atoms with E-state index in [9.17, 15) is 0 Å². The predicted octanol–water partition coefficient (Wildman–Crippen LogP) is 5.80. The number of hydrogen-bond donors (Lipinski definition) is 1. The van der Waals surface area contributed by atoms with Gasteiger partial charge in [0.05, 0.1) is 27.9 Å². The second-order valence-electron chi connectivity index (χ2n) is 7.72. The second-order valence-corrected chi connectivity index (χ2v) is 8.89. The van der Waals surface area contributed by atoms with E-state index in [4.69, 9.17) is 44.6 Å². The van der Waals surface area contributed by atoms with Crippen molar-refractivity contribution in [1.29, 1.82) is 0 Å². The Bertz CT molecular complexity index is 1090. The van der Waals surface area contributed by atoms with Crippen LogP contribution in [0.4, 0.5) is 0 Å². The normalized spacial score (nSPS) is 23.4. The Hall–Kier alpha value is -2.12. The molecule has 0 radical (unpaired) electrons. The largest absolute Gasteiger partial charge is 0.459 e. The first-order valence-corrected chi connectivity index (χ1v) is 11.4. The summed E-state index contributed by atoms with van der Waals surface area (Å²) < 4.78 is 12.2. The molecule has 160 valence electrons. The van der Waals surface area contributed by atoms with Crippen molar-refractivity contribution in [2.45, 2.75) is 31.0 Å². The van der Waals surface area contributed by atoms with Gasteiger partial charge < -0.3 is 19.4 Å². The van der Waals surface area contributed by atoms with Crippen molar-refractivity contribution in [3.8, 4) is 11.3 Å². The van der Waals surface area contributed by atoms with Crippen molar-refractivity contribution in [1.82, 2.24) is 15.2 Å². The predicted molar refractivity (Wildman–Crippen MR) is 125 cm³/mol. The third-order valence-electron chi connectivity index (χ3n) is 5.76. The number of rotatable bonds is 5. The quantitative estimate of drug-likeness (QED) is 0.472. The molecule has 8 heteroatoms. The van der Waals surface area contributed by atoms with Crippen LogP contribution in [0.15, 0.2) is 59.1 Å². The van der Waals surface area contributed by atoms with Crippen molar-refractivity contribution >= 4 is 40.5 Å². The molecule has 0 spiro atoms. The standard InChI is InChI=1S/C23H21Cl2N3O2S/c24-16-7-3-6-15(20(16)25)18-9-10-19(30-18)22-21(17-8-1-2-11-26-17)27-23(31)28(22)13-14-5-4-12-29-14/h1-3,6-11,14,21-22H,4-5,12-13H2,(H,27,31)/t14-,21-,22+/m0/s1. The van der Waals surface area contributed by atoms with Gasteiger partial charge in [0.25, 0.3) is 0 Å². The van der Waals surface area contributed by atoms with Crippen LogP contribution in [0, 0.1) is 0 Å². The Morgan fingerprint density at radius 1 is 1.13 bits per heavy atom. The summed E-state index contributed by atoms with van der Waals surface area (Å²) in [6.45, 7) is 1.50. The number of pyridine rings is 1. The van der Waals surface area contributed by atoms with Gasteiger partial charge in [-0.25, -0.2) is 0 Å². The van der Waals surface area contributed by atoms with Crippen LogP contribution in [-0.4, -0.2) is 34.3 Å². The zero-order valence-corrected chi connectivity index (χ0v) is 19.0. The summed E-state index contributed by atoms with van der Waals surface area (Å²) in [6.07, 6.45) is 4.05. The van der Waals surface area contributed by atoms with Crippen molar-refractivity contribution in [2.24, 2.45) is 0 Å². The van der Waals surface area contributed by atoms with Crippen LogP contribution in [0.5, 0.6) is 0 Å². The maximum atomic E-state index is 6.42. The number of furan rings is 1. The second kappa shape index (κ2) is 8.79. The third kappa shape index (κ3) is 4.05. The Morgan fingerprint density at radius 2 is 2.03 bits per heavy atom. The molecule has 2 fully saturated rings. The van der Waals surface area contributed by atoms with Crippen molar-refractivity contribution in [3.05, 3.63) is 76.2 Å². The monoisotopic (exact) mass is 473 g/mol. The number of ether oxygens (including phenoxy) is 1. The van der Waals surface area contributed by atoms with E-state index in [0.717, 1.165) is 36.5 Å². The Kier molecular flexibility index (Phi) is 5.89. The fourth-order valence-electron chi connectivity index (χ4n) is 4.27. The van der Waals surface area contributed by atoms with Crippen LogP contribution in [0.3, 0.4) is 0 Å². The van der Waals surface area contributed by atoms with Crippen LogP contribution >= 0.6 is 35.4 Å². The molecular weight excluding hydrogens is 453 g/mol. The topological polar surface area (TPSA) is 50.5 Å². The van der Waals surface area contributed by atoms with Crippen LogP contribution < -0.4 is 5.32 Å². The summed E-state index contributed by atoms with van der Waals surface area (Å²) >= 11 is 18.4. The van der Waals surface area contributed by atoms with Crippen LogP contribution in [-0.2, 0) is 4.74 Å². The van der Waals surface area contributed by atoms with Crippen molar-refractivity contribution in [3.63, 3.8) is 0 Å². The molecule has 2 saturated heterocycles. The highest BCUT2D eigenvalue weighted by Crippen LogP contribution is 2.42. The first kappa shape index (κ1) is 20.8. The number of halogens is 2. The minimum Gasteiger partial charge on any atom is -0.459 e. The molecule has 31 heavy (non-hydrogen) atoms. The van der Waals surface area contributed by atoms with E-state index in [1.54, 1.807) is 12.3 Å². The summed E-state index contributed by atoms with van der Waals surface area (Å²) in [5.41, 5.74) is 1.66. The number of hydrogen-bond acceptors (Lipinski definition) is 4. The van der Waals surface area contributed by atoms with E-state index in [0.29, 0.717) is 27.5 Å². The lowest BCUT2D eigenvalue weighted by atomic mass is 10.0. The van der Waals surface area contributed by atoms with Gasteiger partial charge in [0.2, 0.25) is 0 Å². The fourth-order valence-corrected chi connectivity index (χ4v) is 4.98. The van der Waals surface area contributed by atoms with E-state index in [-0.39, 0.29) is 18.2 Å². The van der Waals surface area contributed by atoms with Gasteiger partial charge in [-0.2, -0.15) is 0 Å². The van der Waals surface area contributed by atoms with Gasteiger partial charge in [0.15, 0.2) is 5.11 Å². The highest BCUT2D eigenvalue weighted by molar-refractivity contribution is 7.80. The molecule has 3 atom stereocenters. The maximum Gasteiger partial charge on any atom is 0.170 e. The first-order valence-electron chi connectivity index (χ1n) is 10.3. The average molecular weight is 474 g/mol. The molecule has 0 saturated carbocycles. The van der Waals surface area contributed by atoms with Crippen molar-refractivity contribution in [2.75, 3.05) is 13.2 Å². The summed E-state index contributed by atoms with van der Waals surface area (Å²) in [5, 5.41) is 5.09. The van der Waals surface area contributed by atoms with Crippen LogP contribution in [0.2, 0.25) is 10.0 Å². The highest BCUT2D eigenvalue weighted by atomic mass is 35.5. The van der Waals surface area contributed by atoms with Gasteiger partial charge in [0.1, 0.15) is 17.6 Å². The molecule has 2 aliphatic rings. The zero-order chi connectivity index (χ0) is 21.4. The molecule has 0 unspecified atom stereocenters. The highest BCUT2D eigenvalue weighted by Gasteiger charge is 2.42. The Morgan fingerprint density at radius 3 is 2.81 bits per heavy atom. The van der Waals surface area contributed by atoms with Gasteiger partial charge in [-0.1, -0.05) is 35.3 Å².